The second kappa shape index (κ2) is 11.4. The highest BCUT2D eigenvalue weighted by Gasteiger charge is 2.11. The highest BCUT2D eigenvalue weighted by atomic mass is 16.5. The average Bonchev–Trinajstić information content (AvgIpc) is 2.69. The van der Waals surface area contributed by atoms with Crippen LogP contribution in [-0.2, 0) is 29.1 Å². The minimum absolute atomic E-state index is 0.272. The third kappa shape index (κ3) is 7.41. The Hall–Kier alpha value is -2.37. The van der Waals surface area contributed by atoms with Gasteiger partial charge in [-0.1, -0.05) is 36.4 Å². The summed E-state index contributed by atoms with van der Waals surface area (Å²) in [4.78, 5) is 13.5. The highest BCUT2D eigenvalue weighted by Crippen LogP contribution is 2.22. The lowest BCUT2D eigenvalue weighted by molar-refractivity contribution is -0.118. The van der Waals surface area contributed by atoms with E-state index in [1.54, 1.807) is 7.11 Å². The zero-order valence-electron chi connectivity index (χ0n) is 16.3. The van der Waals surface area contributed by atoms with Crippen molar-refractivity contribution in [3.63, 3.8) is 0 Å². The molecule has 5 heteroatoms. The zero-order chi connectivity index (χ0) is 19.5. The highest BCUT2D eigenvalue weighted by molar-refractivity contribution is 5.73. The van der Waals surface area contributed by atoms with Gasteiger partial charge in [-0.3, -0.25) is 9.69 Å². The number of hydrogen-bond donors (Lipinski definition) is 1. The Labute approximate surface area is 162 Å². The number of hydrogen-bond acceptors (Lipinski definition) is 4. The molecule has 0 unspecified atom stereocenters. The molecule has 0 spiro atoms. The molecular formula is C22H30N2O3. The van der Waals surface area contributed by atoms with Gasteiger partial charge in [0, 0.05) is 38.2 Å². The van der Waals surface area contributed by atoms with E-state index in [2.05, 4.69) is 29.2 Å². The normalized spacial score (nSPS) is 10.9. The number of methoxy groups -OCH3 is 1. The van der Waals surface area contributed by atoms with E-state index < -0.39 is 0 Å². The Morgan fingerprint density at radius 3 is 2.52 bits per heavy atom. The molecule has 0 fully saturated rings. The van der Waals surface area contributed by atoms with E-state index >= 15 is 0 Å². The van der Waals surface area contributed by atoms with Crippen molar-refractivity contribution in [3.05, 3.63) is 65.2 Å². The second-order valence-corrected chi connectivity index (χ2v) is 6.51. The number of primary amides is 1. The minimum atomic E-state index is -0.272. The summed E-state index contributed by atoms with van der Waals surface area (Å²) in [6, 6.07) is 16.5. The van der Waals surface area contributed by atoms with Gasteiger partial charge in [-0.15, -0.1) is 0 Å². The van der Waals surface area contributed by atoms with E-state index in [9.17, 15) is 4.79 Å². The van der Waals surface area contributed by atoms with Gasteiger partial charge < -0.3 is 15.2 Å². The van der Waals surface area contributed by atoms with Crippen LogP contribution in [0.1, 0.15) is 30.0 Å². The molecule has 1 amide bonds. The van der Waals surface area contributed by atoms with Gasteiger partial charge in [0.2, 0.25) is 5.91 Å². The minimum Gasteiger partial charge on any atom is -0.496 e. The molecule has 0 atom stereocenters. The molecule has 0 saturated heterocycles. The molecule has 0 aliphatic carbocycles. The molecule has 0 bridgehead atoms. The molecule has 2 rings (SSSR count). The van der Waals surface area contributed by atoms with Crippen LogP contribution in [0.15, 0.2) is 48.5 Å². The molecule has 5 nitrogen and oxygen atoms in total. The van der Waals surface area contributed by atoms with E-state index in [-0.39, 0.29) is 5.91 Å². The van der Waals surface area contributed by atoms with Crippen molar-refractivity contribution in [2.24, 2.45) is 5.73 Å². The molecule has 0 heterocycles. The first-order valence-electron chi connectivity index (χ1n) is 9.40. The van der Waals surface area contributed by atoms with Crippen LogP contribution in [0.2, 0.25) is 0 Å². The van der Waals surface area contributed by atoms with E-state index in [1.807, 2.05) is 31.2 Å². The number of amides is 1. The Balaban J connectivity index is 2.07. The lowest BCUT2D eigenvalue weighted by Gasteiger charge is -2.22. The number of carbonyl (C=O) groups excluding carboxylic acids is 1. The van der Waals surface area contributed by atoms with E-state index in [1.165, 1.54) is 11.1 Å². The van der Waals surface area contributed by atoms with E-state index in [0.717, 1.165) is 30.8 Å². The first kappa shape index (κ1) is 20.9. The fourth-order valence-electron chi connectivity index (χ4n) is 2.98. The molecule has 0 aliphatic rings. The molecule has 0 aliphatic heterocycles. The molecule has 2 N–H and O–H groups in total. The van der Waals surface area contributed by atoms with E-state index in [0.29, 0.717) is 26.2 Å². The maximum atomic E-state index is 11.2. The largest absolute Gasteiger partial charge is 0.496 e. The molecule has 0 radical (unpaired) electrons. The topological polar surface area (TPSA) is 64.8 Å². The van der Waals surface area contributed by atoms with Gasteiger partial charge >= 0.3 is 0 Å². The predicted molar refractivity (Wildman–Crippen MR) is 108 cm³/mol. The zero-order valence-corrected chi connectivity index (χ0v) is 16.3. The van der Waals surface area contributed by atoms with Gasteiger partial charge in [-0.2, -0.15) is 0 Å². The summed E-state index contributed by atoms with van der Waals surface area (Å²) in [7, 11) is 1.67. The third-order valence-electron chi connectivity index (χ3n) is 4.45. The van der Waals surface area contributed by atoms with Crippen molar-refractivity contribution in [3.8, 4) is 5.75 Å². The number of carbonyl (C=O) groups is 1. The van der Waals surface area contributed by atoms with Crippen molar-refractivity contribution in [1.29, 1.82) is 0 Å². The molecule has 0 saturated carbocycles. The van der Waals surface area contributed by atoms with Gasteiger partial charge in [0.15, 0.2) is 0 Å². The van der Waals surface area contributed by atoms with Crippen molar-refractivity contribution >= 4 is 5.91 Å². The van der Waals surface area contributed by atoms with Crippen molar-refractivity contribution < 1.29 is 14.3 Å². The summed E-state index contributed by atoms with van der Waals surface area (Å²) >= 11 is 0. The number of rotatable bonds is 12. The Bertz CT molecular complexity index is 704. The van der Waals surface area contributed by atoms with Gasteiger partial charge in [-0.05, 0) is 36.6 Å². The standard InChI is InChI=1S/C22H30N2O3/c1-3-27-17-20-15-19(9-10-21(20)26-2)16-24(14-12-22(23)25)13-11-18-7-5-4-6-8-18/h4-10,15H,3,11-14,16-17H2,1-2H3,(H2,23,25). The SMILES string of the molecule is CCOCc1cc(CN(CCC(N)=O)CCc2ccccc2)ccc1OC. The molecule has 2 aromatic carbocycles. The Morgan fingerprint density at radius 1 is 1.07 bits per heavy atom. The molecule has 146 valence electrons. The number of nitrogens with zero attached hydrogens (tertiary/aromatic N) is 1. The fourth-order valence-corrected chi connectivity index (χ4v) is 2.98. The molecule has 27 heavy (non-hydrogen) atoms. The summed E-state index contributed by atoms with van der Waals surface area (Å²) in [5.74, 6) is 0.562. The second-order valence-electron chi connectivity index (χ2n) is 6.51. The Morgan fingerprint density at radius 2 is 1.85 bits per heavy atom. The summed E-state index contributed by atoms with van der Waals surface area (Å²) in [5.41, 5.74) is 8.85. The van der Waals surface area contributed by atoms with Gasteiger partial charge in [0.1, 0.15) is 5.75 Å². The smallest absolute Gasteiger partial charge is 0.218 e. The summed E-state index contributed by atoms with van der Waals surface area (Å²) in [6.45, 7) is 5.43. The number of nitrogens with two attached hydrogens (primary N) is 1. The van der Waals surface area contributed by atoms with E-state index in [4.69, 9.17) is 15.2 Å². The fraction of sp³-hybridized carbons (Fsp3) is 0.409. The summed E-state index contributed by atoms with van der Waals surface area (Å²) in [6.07, 6.45) is 1.29. The van der Waals surface area contributed by atoms with Crippen LogP contribution < -0.4 is 10.5 Å². The van der Waals surface area contributed by atoms with Crippen LogP contribution in [0.3, 0.4) is 0 Å². The predicted octanol–water partition coefficient (Wildman–Crippen LogP) is 3.15. The summed E-state index contributed by atoms with van der Waals surface area (Å²) in [5, 5.41) is 0. The monoisotopic (exact) mass is 370 g/mol. The van der Waals surface area contributed by atoms with Crippen LogP contribution in [0.25, 0.3) is 0 Å². The van der Waals surface area contributed by atoms with Crippen molar-refractivity contribution in [1.82, 2.24) is 4.90 Å². The lowest BCUT2D eigenvalue weighted by Crippen LogP contribution is -2.29. The first-order chi connectivity index (χ1) is 13.1. The van der Waals surface area contributed by atoms with Crippen LogP contribution >= 0.6 is 0 Å². The number of ether oxygens (including phenoxy) is 2. The summed E-state index contributed by atoms with van der Waals surface area (Å²) < 4.78 is 11.0. The molecule has 2 aromatic rings. The van der Waals surface area contributed by atoms with Gasteiger partial charge in [-0.25, -0.2) is 0 Å². The maximum Gasteiger partial charge on any atom is 0.218 e. The molecular weight excluding hydrogens is 340 g/mol. The maximum absolute atomic E-state index is 11.2. The van der Waals surface area contributed by atoms with Crippen molar-refractivity contribution in [2.75, 3.05) is 26.8 Å². The average molecular weight is 370 g/mol. The van der Waals surface area contributed by atoms with Crippen LogP contribution in [-0.4, -0.2) is 37.6 Å². The van der Waals surface area contributed by atoms with Crippen LogP contribution in [0.4, 0.5) is 0 Å². The first-order valence-corrected chi connectivity index (χ1v) is 9.40. The van der Waals surface area contributed by atoms with Gasteiger partial charge in [0.25, 0.3) is 0 Å². The Kier molecular flexibility index (Phi) is 8.81. The van der Waals surface area contributed by atoms with Crippen LogP contribution in [0, 0.1) is 0 Å². The van der Waals surface area contributed by atoms with Gasteiger partial charge in [0.05, 0.1) is 13.7 Å². The van der Waals surface area contributed by atoms with Crippen LogP contribution in [0.5, 0.6) is 5.75 Å². The lowest BCUT2D eigenvalue weighted by atomic mass is 10.1. The van der Waals surface area contributed by atoms with Crippen molar-refractivity contribution in [2.45, 2.75) is 32.9 Å². The third-order valence-corrected chi connectivity index (χ3v) is 4.45. The number of benzene rings is 2. The molecule has 0 aromatic heterocycles. The quantitative estimate of drug-likeness (QED) is 0.623.